The molecule has 26 heavy (non-hydrogen) atoms. The zero-order chi connectivity index (χ0) is 18.9. The number of amides is 3. The molecule has 3 amide bonds. The maximum absolute atomic E-state index is 12.5. The Hall–Kier alpha value is -2.94. The van der Waals surface area contributed by atoms with Crippen molar-refractivity contribution in [3.05, 3.63) is 60.2 Å². The molecule has 0 spiro atoms. The molecule has 0 saturated carbocycles. The van der Waals surface area contributed by atoms with Gasteiger partial charge in [-0.25, -0.2) is 9.59 Å². The highest BCUT2D eigenvalue weighted by Gasteiger charge is 2.18. The van der Waals surface area contributed by atoms with Gasteiger partial charge in [-0.05, 0) is 24.3 Å². The highest BCUT2D eigenvalue weighted by atomic mass is 32.2. The predicted molar refractivity (Wildman–Crippen MR) is 92.2 cm³/mol. The lowest BCUT2D eigenvalue weighted by Gasteiger charge is -2.09. The van der Waals surface area contributed by atoms with E-state index in [0.717, 1.165) is 0 Å². The van der Waals surface area contributed by atoms with Crippen molar-refractivity contribution in [2.75, 3.05) is 11.9 Å². The minimum atomic E-state index is -2.70. The van der Waals surface area contributed by atoms with Gasteiger partial charge in [-0.2, -0.15) is 8.78 Å². The molecule has 9 heteroatoms. The fourth-order valence-corrected chi connectivity index (χ4v) is 2.52. The quantitative estimate of drug-likeness (QED) is 0.592. The van der Waals surface area contributed by atoms with Crippen LogP contribution in [0, 0.1) is 0 Å². The number of carbonyl (C=O) groups is 3. The molecule has 2 aromatic rings. The van der Waals surface area contributed by atoms with Crippen LogP contribution in [0.25, 0.3) is 0 Å². The molecule has 0 heterocycles. The smallest absolute Gasteiger partial charge is 0.339 e. The number of rotatable bonds is 6. The molecule has 2 N–H and O–H groups in total. The Morgan fingerprint density at radius 1 is 1.00 bits per heavy atom. The fraction of sp³-hybridized carbons (Fsp3) is 0.118. The van der Waals surface area contributed by atoms with E-state index >= 15 is 0 Å². The van der Waals surface area contributed by atoms with E-state index in [9.17, 15) is 23.2 Å². The van der Waals surface area contributed by atoms with Crippen LogP contribution in [0.3, 0.4) is 0 Å². The zero-order valence-electron chi connectivity index (χ0n) is 13.3. The molecule has 0 radical (unpaired) electrons. The second kappa shape index (κ2) is 9.52. The van der Waals surface area contributed by atoms with Crippen LogP contribution >= 0.6 is 11.8 Å². The summed E-state index contributed by atoms with van der Waals surface area (Å²) in [5.74, 6) is -4.49. The SMILES string of the molecule is O=C(COC(=O)c1ccccc1SC(F)F)NC(=O)Nc1ccccc1. The highest BCUT2D eigenvalue weighted by molar-refractivity contribution is 7.99. The van der Waals surface area contributed by atoms with Gasteiger partial charge in [0.05, 0.1) is 5.56 Å². The van der Waals surface area contributed by atoms with Gasteiger partial charge in [0.2, 0.25) is 0 Å². The number of benzene rings is 2. The van der Waals surface area contributed by atoms with E-state index in [1.54, 1.807) is 30.3 Å². The van der Waals surface area contributed by atoms with Crippen LogP contribution in [0.1, 0.15) is 10.4 Å². The number of ether oxygens (including phenoxy) is 1. The van der Waals surface area contributed by atoms with Crippen LogP contribution in [-0.2, 0) is 9.53 Å². The number of nitrogens with one attached hydrogen (secondary N) is 2. The largest absolute Gasteiger partial charge is 0.452 e. The molecule has 0 aliphatic heterocycles. The van der Waals surface area contributed by atoms with Gasteiger partial charge < -0.3 is 10.1 Å². The molecule has 2 aromatic carbocycles. The first-order chi connectivity index (χ1) is 12.5. The Bertz CT molecular complexity index is 787. The lowest BCUT2D eigenvalue weighted by Crippen LogP contribution is -2.37. The number of hydrogen-bond donors (Lipinski definition) is 2. The molecule has 6 nitrogen and oxygen atoms in total. The van der Waals surface area contributed by atoms with Gasteiger partial charge in [0.25, 0.3) is 11.7 Å². The van der Waals surface area contributed by atoms with Crippen LogP contribution in [0.2, 0.25) is 0 Å². The lowest BCUT2D eigenvalue weighted by atomic mass is 10.2. The maximum Gasteiger partial charge on any atom is 0.339 e. The first kappa shape index (κ1) is 19.4. The number of thioether (sulfide) groups is 1. The number of para-hydroxylation sites is 1. The third-order valence-electron chi connectivity index (χ3n) is 2.94. The summed E-state index contributed by atoms with van der Waals surface area (Å²) in [5, 5.41) is 4.42. The fourth-order valence-electron chi connectivity index (χ4n) is 1.89. The summed E-state index contributed by atoms with van der Waals surface area (Å²) in [6.45, 7) is -0.727. The van der Waals surface area contributed by atoms with Crippen molar-refractivity contribution in [1.82, 2.24) is 5.32 Å². The normalized spacial score (nSPS) is 10.3. The Morgan fingerprint density at radius 3 is 2.35 bits per heavy atom. The molecule has 0 atom stereocenters. The molecule has 2 rings (SSSR count). The Morgan fingerprint density at radius 2 is 1.65 bits per heavy atom. The Labute approximate surface area is 151 Å². The van der Waals surface area contributed by atoms with Crippen LogP contribution in [-0.4, -0.2) is 30.3 Å². The van der Waals surface area contributed by atoms with Gasteiger partial charge in [0.15, 0.2) is 6.61 Å². The second-order valence-electron chi connectivity index (χ2n) is 4.82. The minimum Gasteiger partial charge on any atom is -0.452 e. The van der Waals surface area contributed by atoms with Crippen LogP contribution < -0.4 is 10.6 Å². The zero-order valence-corrected chi connectivity index (χ0v) is 14.1. The summed E-state index contributed by atoms with van der Waals surface area (Å²) in [7, 11) is 0. The van der Waals surface area contributed by atoms with Crippen molar-refractivity contribution in [3.8, 4) is 0 Å². The number of halogens is 2. The van der Waals surface area contributed by atoms with Gasteiger partial charge in [-0.3, -0.25) is 10.1 Å². The van der Waals surface area contributed by atoms with Gasteiger partial charge in [0.1, 0.15) is 0 Å². The van der Waals surface area contributed by atoms with Gasteiger partial charge in [0, 0.05) is 10.6 Å². The van der Waals surface area contributed by atoms with Crippen molar-refractivity contribution in [1.29, 1.82) is 0 Å². The van der Waals surface area contributed by atoms with E-state index in [-0.39, 0.29) is 22.2 Å². The van der Waals surface area contributed by atoms with Crippen LogP contribution in [0.4, 0.5) is 19.3 Å². The van der Waals surface area contributed by atoms with E-state index in [4.69, 9.17) is 4.74 Å². The average Bonchev–Trinajstić information content (AvgIpc) is 2.60. The summed E-state index contributed by atoms with van der Waals surface area (Å²) < 4.78 is 29.8. The number of imide groups is 1. The topological polar surface area (TPSA) is 84.5 Å². The van der Waals surface area contributed by atoms with Gasteiger partial charge in [-0.15, -0.1) is 0 Å². The van der Waals surface area contributed by atoms with Crippen molar-refractivity contribution >= 4 is 35.4 Å². The highest BCUT2D eigenvalue weighted by Crippen LogP contribution is 2.28. The van der Waals surface area contributed by atoms with Crippen LogP contribution in [0.15, 0.2) is 59.5 Å². The molecule has 0 aliphatic carbocycles. The Kier molecular flexibility index (Phi) is 7.10. The third kappa shape index (κ3) is 6.17. The summed E-state index contributed by atoms with van der Waals surface area (Å²) in [6, 6.07) is 13.3. The molecule has 0 saturated heterocycles. The number of urea groups is 1. The molecular weight excluding hydrogens is 366 g/mol. The molecule has 0 bridgehead atoms. The lowest BCUT2D eigenvalue weighted by molar-refractivity contribution is -0.123. The average molecular weight is 380 g/mol. The molecule has 136 valence electrons. The standard InChI is InChI=1S/C17H14F2N2O4S/c18-16(19)26-13-9-5-4-8-12(13)15(23)25-10-14(22)21-17(24)20-11-6-2-1-3-7-11/h1-9,16H,10H2,(H2,20,21,22,24). The van der Waals surface area contributed by atoms with Crippen molar-refractivity contribution in [2.24, 2.45) is 0 Å². The first-order valence-corrected chi connectivity index (χ1v) is 8.20. The summed E-state index contributed by atoms with van der Waals surface area (Å²) in [5.41, 5.74) is 0.395. The van der Waals surface area contributed by atoms with Gasteiger partial charge in [-0.1, -0.05) is 42.1 Å². The summed E-state index contributed by atoms with van der Waals surface area (Å²) in [6.07, 6.45) is 0. The van der Waals surface area contributed by atoms with E-state index < -0.39 is 30.3 Å². The van der Waals surface area contributed by atoms with E-state index in [1.807, 2.05) is 5.32 Å². The Balaban J connectivity index is 1.85. The summed E-state index contributed by atoms with van der Waals surface area (Å²) >= 11 is 0.201. The van der Waals surface area contributed by atoms with E-state index in [0.29, 0.717) is 5.69 Å². The number of hydrogen-bond acceptors (Lipinski definition) is 5. The van der Waals surface area contributed by atoms with E-state index in [2.05, 4.69) is 5.32 Å². The third-order valence-corrected chi connectivity index (χ3v) is 3.73. The molecule has 0 fully saturated rings. The van der Waals surface area contributed by atoms with Gasteiger partial charge >= 0.3 is 12.0 Å². The number of anilines is 1. The number of carbonyl (C=O) groups excluding carboxylic acids is 3. The van der Waals surface area contributed by atoms with Crippen molar-refractivity contribution in [3.63, 3.8) is 0 Å². The number of esters is 1. The van der Waals surface area contributed by atoms with Crippen LogP contribution in [0.5, 0.6) is 0 Å². The van der Waals surface area contributed by atoms with Crippen molar-refractivity contribution in [2.45, 2.75) is 10.7 Å². The first-order valence-electron chi connectivity index (χ1n) is 7.32. The molecule has 0 aliphatic rings. The second-order valence-corrected chi connectivity index (χ2v) is 5.85. The molecular formula is C17H14F2N2O4S. The van der Waals surface area contributed by atoms with Crippen molar-refractivity contribution < 1.29 is 27.9 Å². The monoisotopic (exact) mass is 380 g/mol. The molecule has 0 aromatic heterocycles. The van der Waals surface area contributed by atoms with E-state index in [1.165, 1.54) is 24.3 Å². The predicted octanol–water partition coefficient (Wildman–Crippen LogP) is 3.51. The maximum atomic E-state index is 12.5. The number of alkyl halides is 2. The minimum absolute atomic E-state index is 0.0368. The molecule has 0 unspecified atom stereocenters. The summed E-state index contributed by atoms with van der Waals surface area (Å²) in [4.78, 5) is 35.3.